The highest BCUT2D eigenvalue weighted by atomic mass is 16.6. The molecule has 0 heterocycles. The van der Waals surface area contributed by atoms with Crippen molar-refractivity contribution in [3.63, 3.8) is 0 Å². The van der Waals surface area contributed by atoms with Crippen molar-refractivity contribution < 1.29 is 19.4 Å². The molecule has 0 spiro atoms. The normalized spacial score (nSPS) is 11.4. The fourth-order valence-electron chi connectivity index (χ4n) is 1.59. The predicted octanol–water partition coefficient (Wildman–Crippen LogP) is 3.33. The molecule has 0 aromatic heterocycles. The zero-order valence-electron chi connectivity index (χ0n) is 13.0. The molecule has 0 aliphatic rings. The van der Waals surface area contributed by atoms with Gasteiger partial charge in [-0.2, -0.15) is 0 Å². The smallest absolute Gasteiger partial charge is 0.407 e. The van der Waals surface area contributed by atoms with Crippen molar-refractivity contribution in [3.05, 3.63) is 29.8 Å². The summed E-state index contributed by atoms with van der Waals surface area (Å²) in [6, 6.07) is 5.11. The van der Waals surface area contributed by atoms with E-state index in [4.69, 9.17) is 9.47 Å². The summed E-state index contributed by atoms with van der Waals surface area (Å²) in [5.41, 5.74) is 0.435. The standard InChI is InChI=1S/C16H23NO4/c1-16(2,3)21-15(19)17-10-6-5-7-12-8-9-13(18)14(11-12)20-4/h5,7-9,11,18H,6,10H2,1-4H3,(H,17,19). The Kier molecular flexibility index (Phi) is 6.09. The molecule has 0 aliphatic heterocycles. The summed E-state index contributed by atoms with van der Waals surface area (Å²) in [6.45, 7) is 5.97. The molecule has 116 valence electrons. The maximum absolute atomic E-state index is 11.4. The summed E-state index contributed by atoms with van der Waals surface area (Å²) < 4.78 is 10.2. The second kappa shape index (κ2) is 7.57. The van der Waals surface area contributed by atoms with Crippen LogP contribution >= 0.6 is 0 Å². The number of methoxy groups -OCH3 is 1. The monoisotopic (exact) mass is 293 g/mol. The van der Waals surface area contributed by atoms with Crippen LogP contribution in [0.5, 0.6) is 11.5 Å². The molecule has 1 aromatic carbocycles. The van der Waals surface area contributed by atoms with Gasteiger partial charge in [0, 0.05) is 6.54 Å². The fraction of sp³-hybridized carbons (Fsp3) is 0.438. The molecule has 1 amide bonds. The molecule has 5 nitrogen and oxygen atoms in total. The third-order valence-corrected chi connectivity index (χ3v) is 2.49. The first-order chi connectivity index (χ1) is 9.81. The molecule has 0 saturated carbocycles. The predicted molar refractivity (Wildman–Crippen MR) is 82.5 cm³/mol. The third kappa shape index (κ3) is 6.70. The molecule has 0 fully saturated rings. The number of ether oxygens (including phenoxy) is 2. The van der Waals surface area contributed by atoms with Gasteiger partial charge in [0.05, 0.1) is 7.11 Å². The fourth-order valence-corrected chi connectivity index (χ4v) is 1.59. The van der Waals surface area contributed by atoms with Crippen molar-refractivity contribution in [1.82, 2.24) is 5.32 Å². The van der Waals surface area contributed by atoms with Crippen LogP contribution in [0.3, 0.4) is 0 Å². The number of rotatable bonds is 5. The van der Waals surface area contributed by atoms with Gasteiger partial charge in [-0.1, -0.05) is 18.2 Å². The molecule has 0 bridgehead atoms. The number of benzene rings is 1. The van der Waals surface area contributed by atoms with Gasteiger partial charge in [0.25, 0.3) is 0 Å². The van der Waals surface area contributed by atoms with E-state index in [1.807, 2.05) is 32.9 Å². The van der Waals surface area contributed by atoms with Gasteiger partial charge in [-0.15, -0.1) is 0 Å². The lowest BCUT2D eigenvalue weighted by Gasteiger charge is -2.19. The van der Waals surface area contributed by atoms with E-state index in [1.54, 1.807) is 18.2 Å². The van der Waals surface area contributed by atoms with E-state index < -0.39 is 11.7 Å². The van der Waals surface area contributed by atoms with Crippen LogP contribution in [-0.4, -0.2) is 30.5 Å². The first kappa shape index (κ1) is 16.9. The molecular weight excluding hydrogens is 270 g/mol. The number of carbonyl (C=O) groups is 1. The van der Waals surface area contributed by atoms with E-state index >= 15 is 0 Å². The van der Waals surface area contributed by atoms with E-state index in [-0.39, 0.29) is 5.75 Å². The van der Waals surface area contributed by atoms with Gasteiger partial charge in [0.1, 0.15) is 5.60 Å². The first-order valence-electron chi connectivity index (χ1n) is 6.82. The zero-order valence-corrected chi connectivity index (χ0v) is 13.0. The Bertz CT molecular complexity index is 503. The van der Waals surface area contributed by atoms with Crippen LogP contribution < -0.4 is 10.1 Å². The largest absolute Gasteiger partial charge is 0.504 e. The van der Waals surface area contributed by atoms with Gasteiger partial charge >= 0.3 is 6.09 Å². The van der Waals surface area contributed by atoms with Crippen molar-refractivity contribution in [3.8, 4) is 11.5 Å². The molecule has 2 N–H and O–H groups in total. The van der Waals surface area contributed by atoms with Crippen molar-refractivity contribution in [2.24, 2.45) is 0 Å². The van der Waals surface area contributed by atoms with E-state index in [1.165, 1.54) is 7.11 Å². The number of aromatic hydroxyl groups is 1. The number of amides is 1. The number of alkyl carbamates (subject to hydrolysis) is 1. The second-order valence-electron chi connectivity index (χ2n) is 5.55. The lowest BCUT2D eigenvalue weighted by Crippen LogP contribution is -2.32. The molecule has 0 saturated heterocycles. The molecular formula is C16H23NO4. The van der Waals surface area contributed by atoms with Crippen LogP contribution in [0.25, 0.3) is 6.08 Å². The minimum absolute atomic E-state index is 0.112. The summed E-state index contributed by atoms with van der Waals surface area (Å²) in [5, 5.41) is 12.2. The maximum atomic E-state index is 11.4. The van der Waals surface area contributed by atoms with Crippen molar-refractivity contribution in [2.45, 2.75) is 32.8 Å². The minimum Gasteiger partial charge on any atom is -0.504 e. The molecule has 0 unspecified atom stereocenters. The average molecular weight is 293 g/mol. The Morgan fingerprint density at radius 2 is 2.10 bits per heavy atom. The number of phenols is 1. The molecule has 0 radical (unpaired) electrons. The molecule has 0 atom stereocenters. The lowest BCUT2D eigenvalue weighted by molar-refractivity contribution is 0.0529. The summed E-state index contributed by atoms with van der Waals surface area (Å²) in [4.78, 5) is 11.4. The van der Waals surface area contributed by atoms with Crippen LogP contribution in [0.1, 0.15) is 32.8 Å². The number of nitrogens with one attached hydrogen (secondary N) is 1. The average Bonchev–Trinajstić information content (AvgIpc) is 2.38. The summed E-state index contributed by atoms with van der Waals surface area (Å²) in [5.74, 6) is 0.547. The van der Waals surface area contributed by atoms with E-state index in [0.29, 0.717) is 18.7 Å². The third-order valence-electron chi connectivity index (χ3n) is 2.49. The zero-order chi connectivity index (χ0) is 15.9. The first-order valence-corrected chi connectivity index (χ1v) is 6.82. The Balaban J connectivity index is 2.37. The quantitative estimate of drug-likeness (QED) is 0.817. The number of hydrogen-bond acceptors (Lipinski definition) is 4. The Morgan fingerprint density at radius 1 is 1.38 bits per heavy atom. The summed E-state index contributed by atoms with van der Waals surface area (Å²) in [7, 11) is 1.51. The highest BCUT2D eigenvalue weighted by Crippen LogP contribution is 2.26. The van der Waals surface area contributed by atoms with Crippen LogP contribution in [0.2, 0.25) is 0 Å². The van der Waals surface area contributed by atoms with Crippen LogP contribution in [0, 0.1) is 0 Å². The topological polar surface area (TPSA) is 67.8 Å². The van der Waals surface area contributed by atoms with Gasteiger partial charge in [-0.25, -0.2) is 4.79 Å². The molecule has 0 aliphatic carbocycles. The van der Waals surface area contributed by atoms with Gasteiger partial charge < -0.3 is 19.9 Å². The van der Waals surface area contributed by atoms with Crippen LogP contribution in [-0.2, 0) is 4.74 Å². The molecule has 1 rings (SSSR count). The van der Waals surface area contributed by atoms with Crippen LogP contribution in [0.4, 0.5) is 4.79 Å². The van der Waals surface area contributed by atoms with Gasteiger partial charge in [-0.05, 0) is 44.9 Å². The van der Waals surface area contributed by atoms with Gasteiger partial charge in [0.15, 0.2) is 11.5 Å². The number of hydrogen-bond donors (Lipinski definition) is 2. The SMILES string of the molecule is COc1cc(C=CCCNC(=O)OC(C)(C)C)ccc1O. The van der Waals surface area contributed by atoms with Crippen LogP contribution in [0.15, 0.2) is 24.3 Å². The number of phenolic OH excluding ortho intramolecular Hbond substituents is 1. The second-order valence-corrected chi connectivity index (χ2v) is 5.55. The van der Waals surface area contributed by atoms with E-state index in [0.717, 1.165) is 5.56 Å². The summed E-state index contributed by atoms with van der Waals surface area (Å²) in [6.07, 6.45) is 4.10. The Labute approximate surface area is 125 Å². The van der Waals surface area contributed by atoms with Crippen molar-refractivity contribution in [2.75, 3.05) is 13.7 Å². The van der Waals surface area contributed by atoms with Crippen molar-refractivity contribution in [1.29, 1.82) is 0 Å². The highest BCUT2D eigenvalue weighted by molar-refractivity contribution is 5.67. The minimum atomic E-state index is -0.484. The van der Waals surface area contributed by atoms with Crippen molar-refractivity contribution >= 4 is 12.2 Å². The molecule has 21 heavy (non-hydrogen) atoms. The van der Waals surface area contributed by atoms with E-state index in [2.05, 4.69) is 5.32 Å². The Hall–Kier alpha value is -2.17. The lowest BCUT2D eigenvalue weighted by atomic mass is 10.2. The van der Waals surface area contributed by atoms with Gasteiger partial charge in [-0.3, -0.25) is 0 Å². The number of carbonyl (C=O) groups excluding carboxylic acids is 1. The maximum Gasteiger partial charge on any atom is 0.407 e. The van der Waals surface area contributed by atoms with E-state index in [9.17, 15) is 9.90 Å². The Morgan fingerprint density at radius 3 is 2.71 bits per heavy atom. The van der Waals surface area contributed by atoms with Gasteiger partial charge in [0.2, 0.25) is 0 Å². The highest BCUT2D eigenvalue weighted by Gasteiger charge is 2.15. The summed E-state index contributed by atoms with van der Waals surface area (Å²) >= 11 is 0. The molecule has 1 aromatic rings. The molecule has 5 heteroatoms.